The monoisotopic (exact) mass is 438 g/mol. The molecule has 32 heavy (non-hydrogen) atoms. The van der Waals surface area contributed by atoms with Crippen LogP contribution in [0.5, 0.6) is 0 Å². The summed E-state index contributed by atoms with van der Waals surface area (Å²) >= 11 is 0. The molecule has 0 unspecified atom stereocenters. The molecule has 0 aliphatic rings. The van der Waals surface area contributed by atoms with Gasteiger partial charge in [-0.2, -0.15) is 0 Å². The Balaban J connectivity index is 1.68. The van der Waals surface area contributed by atoms with E-state index in [9.17, 15) is 4.79 Å². The largest absolute Gasteiger partial charge is 0.376 e. The second-order valence-corrected chi connectivity index (χ2v) is 10.9. The zero-order valence-electron chi connectivity index (χ0n) is 18.0. The minimum absolute atomic E-state index is 0.114. The van der Waals surface area contributed by atoms with Crippen LogP contribution in [0.4, 0.5) is 0 Å². The molecule has 0 heterocycles. The quantitative estimate of drug-likeness (QED) is 0.273. The van der Waals surface area contributed by atoms with Crippen LogP contribution in [0.1, 0.15) is 12.0 Å². The lowest BCUT2D eigenvalue weighted by molar-refractivity contribution is -0.113. The molecule has 4 aromatic carbocycles. The number of carbonyl (C=O) groups is 1. The van der Waals surface area contributed by atoms with Crippen LogP contribution in [0.15, 0.2) is 121 Å². The maximum absolute atomic E-state index is 13.3. The molecule has 4 aromatic rings. The Bertz CT molecular complexity index is 1070. The van der Waals surface area contributed by atoms with Crippen LogP contribution < -0.4 is 15.9 Å². The lowest BCUT2D eigenvalue weighted by Crippen LogP contribution is -2.28. The maximum Gasteiger partial charge on any atom is 0.159 e. The Labute approximate surface area is 190 Å². The molecule has 0 amide bonds. The van der Waals surface area contributed by atoms with Crippen LogP contribution in [0.25, 0.3) is 0 Å². The first-order chi connectivity index (χ1) is 15.8. The Morgan fingerprint density at radius 3 is 1.47 bits per heavy atom. The fourth-order valence-electron chi connectivity index (χ4n) is 3.88. The minimum Gasteiger partial charge on any atom is -0.376 e. The van der Waals surface area contributed by atoms with Gasteiger partial charge >= 0.3 is 0 Å². The zero-order chi connectivity index (χ0) is 22.1. The molecule has 0 saturated carbocycles. The van der Waals surface area contributed by atoms with Gasteiger partial charge < -0.3 is 4.74 Å². The Morgan fingerprint density at radius 2 is 1.03 bits per heavy atom. The first-order valence-corrected chi connectivity index (χ1v) is 12.7. The fraction of sp³-hybridized carbons (Fsp3) is 0.103. The number of benzene rings is 4. The van der Waals surface area contributed by atoms with E-state index in [2.05, 4.69) is 72.8 Å². The highest BCUT2D eigenvalue weighted by atomic mass is 31.2. The van der Waals surface area contributed by atoms with Crippen LogP contribution in [0.3, 0.4) is 0 Å². The molecule has 0 aliphatic carbocycles. The van der Waals surface area contributed by atoms with Crippen LogP contribution in [-0.2, 0) is 16.1 Å². The normalized spacial score (nSPS) is 11.1. The van der Waals surface area contributed by atoms with Crippen molar-refractivity contribution >= 4 is 34.4 Å². The van der Waals surface area contributed by atoms with Crippen LogP contribution in [-0.4, -0.2) is 18.2 Å². The summed E-state index contributed by atoms with van der Waals surface area (Å²) in [6.45, 7) is -1.32. The lowest BCUT2D eigenvalue weighted by atomic mass is 10.2. The predicted molar refractivity (Wildman–Crippen MR) is 137 cm³/mol. The van der Waals surface area contributed by atoms with Gasteiger partial charge in [0.1, 0.15) is 0 Å². The summed E-state index contributed by atoms with van der Waals surface area (Å²) in [5.41, 5.74) is 1.11. The molecule has 160 valence electrons. The molecule has 0 radical (unpaired) electrons. The minimum atomic E-state index is -2.25. The van der Waals surface area contributed by atoms with Crippen LogP contribution >= 0.6 is 6.89 Å². The number of hydrogen-bond donors (Lipinski definition) is 0. The van der Waals surface area contributed by atoms with E-state index < -0.39 is 6.89 Å². The van der Waals surface area contributed by atoms with Gasteiger partial charge in [0.25, 0.3) is 0 Å². The Kier molecular flexibility index (Phi) is 7.51. The third-order valence-corrected chi connectivity index (χ3v) is 9.45. The molecule has 0 bridgehead atoms. The lowest BCUT2D eigenvalue weighted by Gasteiger charge is -2.28. The molecular weight excluding hydrogens is 411 g/mol. The average molecular weight is 439 g/mol. The highest BCUT2D eigenvalue weighted by Gasteiger charge is 2.26. The SMILES string of the molecule is O=C(C=P(c1ccccc1)(c1ccccc1)c1ccccc1)CCOCc1ccccc1. The number of carbonyl (C=O) groups excluding carboxylic acids is 1. The summed E-state index contributed by atoms with van der Waals surface area (Å²) in [5.74, 6) is 2.10. The summed E-state index contributed by atoms with van der Waals surface area (Å²) in [4.78, 5) is 13.3. The van der Waals surface area contributed by atoms with Crippen molar-refractivity contribution in [3.05, 3.63) is 127 Å². The van der Waals surface area contributed by atoms with E-state index in [4.69, 9.17) is 4.74 Å². The summed E-state index contributed by atoms with van der Waals surface area (Å²) < 4.78 is 5.79. The highest BCUT2D eigenvalue weighted by Crippen LogP contribution is 2.43. The fourth-order valence-corrected chi connectivity index (χ4v) is 7.71. The van der Waals surface area contributed by atoms with Crippen molar-refractivity contribution in [2.45, 2.75) is 13.0 Å². The van der Waals surface area contributed by atoms with Crippen molar-refractivity contribution in [1.82, 2.24) is 0 Å². The summed E-state index contributed by atoms with van der Waals surface area (Å²) in [7, 11) is 0. The molecule has 0 atom stereocenters. The molecule has 0 aliphatic heterocycles. The van der Waals surface area contributed by atoms with E-state index in [0.717, 1.165) is 5.56 Å². The van der Waals surface area contributed by atoms with E-state index in [-0.39, 0.29) is 5.78 Å². The van der Waals surface area contributed by atoms with E-state index in [1.54, 1.807) is 0 Å². The van der Waals surface area contributed by atoms with E-state index >= 15 is 0 Å². The van der Waals surface area contributed by atoms with E-state index in [1.165, 1.54) is 15.9 Å². The number of rotatable bonds is 9. The molecule has 0 fully saturated rings. The van der Waals surface area contributed by atoms with Crippen LogP contribution in [0.2, 0.25) is 0 Å². The van der Waals surface area contributed by atoms with Crippen LogP contribution in [0, 0.1) is 0 Å². The maximum atomic E-state index is 13.3. The summed E-state index contributed by atoms with van der Waals surface area (Å²) in [5, 5.41) is 3.53. The number of ether oxygens (including phenoxy) is 1. The van der Waals surface area contributed by atoms with Gasteiger partial charge in [0.05, 0.1) is 13.2 Å². The molecule has 3 heteroatoms. The molecule has 2 nitrogen and oxygen atoms in total. The molecule has 0 spiro atoms. The topological polar surface area (TPSA) is 26.3 Å². The van der Waals surface area contributed by atoms with E-state index in [0.29, 0.717) is 19.6 Å². The van der Waals surface area contributed by atoms with Gasteiger partial charge in [-0.25, -0.2) is 0 Å². The van der Waals surface area contributed by atoms with Gasteiger partial charge in [0, 0.05) is 6.42 Å². The predicted octanol–water partition coefficient (Wildman–Crippen LogP) is 4.96. The third-order valence-electron chi connectivity index (χ3n) is 5.43. The third kappa shape index (κ3) is 5.16. The van der Waals surface area contributed by atoms with Crippen molar-refractivity contribution in [3.63, 3.8) is 0 Å². The van der Waals surface area contributed by atoms with Gasteiger partial charge in [-0.1, -0.05) is 121 Å². The smallest absolute Gasteiger partial charge is 0.159 e. The summed E-state index contributed by atoms with van der Waals surface area (Å²) in [6.07, 6.45) is 0.362. The van der Waals surface area contributed by atoms with Gasteiger partial charge in [-0.3, -0.25) is 4.79 Å². The van der Waals surface area contributed by atoms with Gasteiger partial charge in [-0.05, 0) is 34.2 Å². The number of hydrogen-bond acceptors (Lipinski definition) is 2. The molecule has 0 N–H and O–H groups in total. The van der Waals surface area contributed by atoms with Crippen molar-refractivity contribution < 1.29 is 9.53 Å². The summed E-state index contributed by atoms with van der Waals surface area (Å²) in [6, 6.07) is 41.3. The van der Waals surface area contributed by atoms with Gasteiger partial charge in [0.15, 0.2) is 5.78 Å². The first kappa shape index (κ1) is 22.0. The first-order valence-electron chi connectivity index (χ1n) is 10.8. The zero-order valence-corrected chi connectivity index (χ0v) is 18.9. The van der Waals surface area contributed by atoms with Gasteiger partial charge in [-0.15, -0.1) is 0 Å². The average Bonchev–Trinajstić information content (AvgIpc) is 2.87. The number of Topliss-reactive ketones (excluding diaryl/α,β-unsaturated/α-hetero) is 1. The Morgan fingerprint density at radius 1 is 0.625 bits per heavy atom. The molecule has 4 rings (SSSR count). The number of ketones is 1. The molecule has 0 aromatic heterocycles. The van der Waals surface area contributed by atoms with Crippen molar-refractivity contribution in [2.24, 2.45) is 0 Å². The van der Waals surface area contributed by atoms with Gasteiger partial charge in [0.2, 0.25) is 0 Å². The van der Waals surface area contributed by atoms with Crippen molar-refractivity contribution in [2.75, 3.05) is 6.61 Å². The Hall–Kier alpha value is -3.19. The van der Waals surface area contributed by atoms with Crippen molar-refractivity contribution in [1.29, 1.82) is 0 Å². The second kappa shape index (κ2) is 10.9. The van der Waals surface area contributed by atoms with Crippen molar-refractivity contribution in [3.8, 4) is 0 Å². The molecular formula is C29H27O2P. The second-order valence-electron chi connectivity index (χ2n) is 7.61. The highest BCUT2D eigenvalue weighted by molar-refractivity contribution is 7.95. The molecule has 0 saturated heterocycles. The van der Waals surface area contributed by atoms with E-state index in [1.807, 2.05) is 54.3 Å². The standard InChI is InChI=1S/C29H27O2P/c30-26(21-22-31-23-25-13-5-1-6-14-25)24-32(27-15-7-2-8-16-27,28-17-9-3-10-18-28)29-19-11-4-12-20-29/h1-20,24H,21-23H2.